The number of H-pyrrole nitrogens is 1. The summed E-state index contributed by atoms with van der Waals surface area (Å²) in [6.07, 6.45) is 0.740. The van der Waals surface area contributed by atoms with Crippen LogP contribution in [0.1, 0.15) is 10.6 Å². The predicted molar refractivity (Wildman–Crippen MR) is 130 cm³/mol. The lowest BCUT2D eigenvalue weighted by atomic mass is 10.2. The third kappa shape index (κ3) is 4.18. The van der Waals surface area contributed by atoms with Crippen LogP contribution >= 0.6 is 22.9 Å². The molecule has 0 radical (unpaired) electrons. The second-order valence-corrected chi connectivity index (χ2v) is 11.9. The Bertz CT molecular complexity index is 1310. The molecular formula is C21H25ClN6O3S2. The van der Waals surface area contributed by atoms with Crippen LogP contribution in [-0.2, 0) is 23.0 Å². The van der Waals surface area contributed by atoms with Gasteiger partial charge in [0.15, 0.2) is 5.13 Å². The van der Waals surface area contributed by atoms with E-state index in [4.69, 9.17) is 11.6 Å². The molecule has 0 spiro atoms. The van der Waals surface area contributed by atoms with Gasteiger partial charge in [-0.1, -0.05) is 22.9 Å². The molecule has 2 aromatic heterocycles. The minimum absolute atomic E-state index is 0.0437. The Morgan fingerprint density at radius 1 is 1.12 bits per heavy atom. The van der Waals surface area contributed by atoms with Crippen molar-refractivity contribution in [3.05, 3.63) is 39.9 Å². The second kappa shape index (κ2) is 8.46. The summed E-state index contributed by atoms with van der Waals surface area (Å²) in [5.74, 6) is 0. The summed E-state index contributed by atoms with van der Waals surface area (Å²) >= 11 is 7.64. The van der Waals surface area contributed by atoms with Gasteiger partial charge in [0.05, 0.1) is 12.2 Å². The SMILES string of the molecule is CN(C)c1nc2c(s1)CN(C(=O)N1CCN(S(=O)(=O)c3cc4cc(Cl)ccc4[nH]3)CC1)CC2. The van der Waals surface area contributed by atoms with E-state index >= 15 is 0 Å². The number of sulfonamides is 1. The Morgan fingerprint density at radius 3 is 2.61 bits per heavy atom. The van der Waals surface area contributed by atoms with Crippen LogP contribution in [0.25, 0.3) is 10.9 Å². The maximum absolute atomic E-state index is 13.2. The van der Waals surface area contributed by atoms with E-state index in [0.29, 0.717) is 31.2 Å². The number of thiazole rings is 1. The molecule has 5 rings (SSSR count). The molecule has 2 aliphatic heterocycles. The highest BCUT2D eigenvalue weighted by atomic mass is 35.5. The number of nitrogens with zero attached hydrogens (tertiary/aromatic N) is 5. The number of anilines is 1. The molecule has 12 heteroatoms. The Labute approximate surface area is 201 Å². The van der Waals surface area contributed by atoms with Crippen molar-refractivity contribution in [2.24, 2.45) is 0 Å². The number of amides is 2. The number of nitrogens with one attached hydrogen (secondary N) is 1. The van der Waals surface area contributed by atoms with Gasteiger partial charge in [-0.15, -0.1) is 0 Å². The van der Waals surface area contributed by atoms with Gasteiger partial charge in [-0.3, -0.25) is 0 Å². The number of benzene rings is 1. The third-order valence-corrected chi connectivity index (χ3v) is 9.36. The van der Waals surface area contributed by atoms with Crippen molar-refractivity contribution in [2.75, 3.05) is 51.7 Å². The van der Waals surface area contributed by atoms with E-state index in [-0.39, 0.29) is 24.1 Å². The fourth-order valence-electron chi connectivity index (χ4n) is 4.21. The summed E-state index contributed by atoms with van der Waals surface area (Å²) in [6, 6.07) is 6.78. The molecule has 4 heterocycles. The summed E-state index contributed by atoms with van der Waals surface area (Å²) < 4.78 is 27.7. The average Bonchev–Trinajstić information content (AvgIpc) is 3.42. The first-order chi connectivity index (χ1) is 15.7. The molecule has 0 unspecified atom stereocenters. The monoisotopic (exact) mass is 508 g/mol. The van der Waals surface area contributed by atoms with E-state index in [1.165, 1.54) is 4.31 Å². The van der Waals surface area contributed by atoms with Crippen LogP contribution < -0.4 is 4.90 Å². The van der Waals surface area contributed by atoms with E-state index in [0.717, 1.165) is 33.0 Å². The summed E-state index contributed by atoms with van der Waals surface area (Å²) in [5, 5.41) is 2.40. The number of aromatic amines is 1. The molecule has 1 aromatic carbocycles. The number of aromatic nitrogens is 2. The van der Waals surface area contributed by atoms with Crippen molar-refractivity contribution in [1.82, 2.24) is 24.1 Å². The molecule has 0 atom stereocenters. The van der Waals surface area contributed by atoms with Gasteiger partial charge in [0.2, 0.25) is 0 Å². The molecule has 3 aromatic rings. The number of fused-ring (bicyclic) bond motifs is 2. The molecule has 2 aliphatic rings. The summed E-state index contributed by atoms with van der Waals surface area (Å²) in [7, 11) is 0.244. The average molecular weight is 509 g/mol. The fourth-order valence-corrected chi connectivity index (χ4v) is 6.87. The molecule has 33 heavy (non-hydrogen) atoms. The summed E-state index contributed by atoms with van der Waals surface area (Å²) in [5.41, 5.74) is 1.79. The van der Waals surface area contributed by atoms with E-state index in [2.05, 4.69) is 9.97 Å². The first-order valence-electron chi connectivity index (χ1n) is 10.7. The summed E-state index contributed by atoms with van der Waals surface area (Å²) in [6.45, 7) is 2.41. The van der Waals surface area contributed by atoms with Gasteiger partial charge in [0.25, 0.3) is 10.0 Å². The number of carbonyl (C=O) groups is 1. The van der Waals surface area contributed by atoms with E-state index in [9.17, 15) is 13.2 Å². The maximum atomic E-state index is 13.2. The molecular weight excluding hydrogens is 484 g/mol. The summed E-state index contributed by atoms with van der Waals surface area (Å²) in [4.78, 5) is 27.4. The number of hydrogen-bond acceptors (Lipinski definition) is 6. The van der Waals surface area contributed by atoms with Crippen molar-refractivity contribution >= 4 is 55.0 Å². The van der Waals surface area contributed by atoms with Crippen LogP contribution in [0, 0.1) is 0 Å². The fraction of sp³-hybridized carbons (Fsp3) is 0.429. The number of hydrogen-bond donors (Lipinski definition) is 1. The van der Waals surface area contributed by atoms with Crippen LogP contribution in [0.15, 0.2) is 29.3 Å². The lowest BCUT2D eigenvalue weighted by Crippen LogP contribution is -2.54. The van der Waals surface area contributed by atoms with E-state index in [1.54, 1.807) is 40.5 Å². The highest BCUT2D eigenvalue weighted by Crippen LogP contribution is 2.30. The normalized spacial score (nSPS) is 17.4. The molecule has 9 nitrogen and oxygen atoms in total. The highest BCUT2D eigenvalue weighted by molar-refractivity contribution is 7.89. The lowest BCUT2D eigenvalue weighted by molar-refractivity contribution is 0.130. The molecule has 0 bridgehead atoms. The Kier molecular flexibility index (Phi) is 5.76. The Balaban J connectivity index is 1.24. The topological polar surface area (TPSA) is 92.8 Å². The predicted octanol–water partition coefficient (Wildman–Crippen LogP) is 2.83. The largest absolute Gasteiger partial charge is 0.354 e. The van der Waals surface area contributed by atoms with Gasteiger partial charge in [-0.25, -0.2) is 18.2 Å². The molecule has 1 fully saturated rings. The zero-order valence-electron chi connectivity index (χ0n) is 18.4. The zero-order chi connectivity index (χ0) is 23.3. The first kappa shape index (κ1) is 22.5. The Hall–Kier alpha value is -2.34. The van der Waals surface area contributed by atoms with Gasteiger partial charge < -0.3 is 19.7 Å². The van der Waals surface area contributed by atoms with Gasteiger partial charge in [-0.05, 0) is 24.3 Å². The number of piperazine rings is 1. The van der Waals surface area contributed by atoms with E-state index in [1.807, 2.05) is 23.9 Å². The quantitative estimate of drug-likeness (QED) is 0.587. The number of carbonyl (C=O) groups excluding carboxylic acids is 1. The third-order valence-electron chi connectivity index (χ3n) is 6.06. The van der Waals surface area contributed by atoms with Crippen LogP contribution in [-0.4, -0.2) is 85.3 Å². The highest BCUT2D eigenvalue weighted by Gasteiger charge is 2.34. The van der Waals surface area contributed by atoms with Crippen molar-refractivity contribution < 1.29 is 13.2 Å². The maximum Gasteiger partial charge on any atom is 0.320 e. The lowest BCUT2D eigenvalue weighted by Gasteiger charge is -2.37. The van der Waals surface area contributed by atoms with Gasteiger partial charge in [-0.2, -0.15) is 4.31 Å². The second-order valence-electron chi connectivity index (χ2n) is 8.47. The Morgan fingerprint density at radius 2 is 1.88 bits per heavy atom. The molecule has 1 saturated heterocycles. The number of rotatable bonds is 3. The number of urea groups is 1. The van der Waals surface area contributed by atoms with Crippen molar-refractivity contribution in [2.45, 2.75) is 18.0 Å². The minimum atomic E-state index is -3.68. The zero-order valence-corrected chi connectivity index (χ0v) is 20.8. The van der Waals surface area contributed by atoms with Gasteiger partial charge in [0, 0.05) is 74.0 Å². The molecule has 176 valence electrons. The molecule has 1 N–H and O–H groups in total. The van der Waals surface area contributed by atoms with Crippen LogP contribution in [0.3, 0.4) is 0 Å². The molecule has 0 aliphatic carbocycles. The minimum Gasteiger partial charge on any atom is -0.354 e. The van der Waals surface area contributed by atoms with Gasteiger partial charge >= 0.3 is 6.03 Å². The van der Waals surface area contributed by atoms with Crippen LogP contribution in [0.5, 0.6) is 0 Å². The van der Waals surface area contributed by atoms with Crippen molar-refractivity contribution in [3.63, 3.8) is 0 Å². The van der Waals surface area contributed by atoms with Crippen molar-refractivity contribution in [3.8, 4) is 0 Å². The van der Waals surface area contributed by atoms with Crippen LogP contribution in [0.2, 0.25) is 5.02 Å². The first-order valence-corrected chi connectivity index (χ1v) is 13.3. The van der Waals surface area contributed by atoms with Crippen molar-refractivity contribution in [1.29, 1.82) is 0 Å². The molecule has 0 saturated carbocycles. The van der Waals surface area contributed by atoms with Gasteiger partial charge in [0.1, 0.15) is 5.03 Å². The number of halogens is 1. The molecule has 2 amide bonds. The van der Waals surface area contributed by atoms with E-state index < -0.39 is 10.0 Å². The smallest absolute Gasteiger partial charge is 0.320 e. The standard InChI is InChI=1S/C21H25ClN6O3S2/c1-25(2)20-24-17-5-6-27(13-18(17)32-20)21(29)26-7-9-28(10-8-26)33(30,31)19-12-14-11-15(22)3-4-16(14)23-19/h3-4,11-12,23H,5-10,13H2,1-2H3. The van der Waals surface area contributed by atoms with Crippen LogP contribution in [0.4, 0.5) is 9.93 Å².